The van der Waals surface area contributed by atoms with Crippen LogP contribution < -0.4 is 15.8 Å². The van der Waals surface area contributed by atoms with Gasteiger partial charge in [0.15, 0.2) is 0 Å². The molecule has 0 spiro atoms. The van der Waals surface area contributed by atoms with Gasteiger partial charge >= 0.3 is 0 Å². The van der Waals surface area contributed by atoms with Crippen LogP contribution in [-0.2, 0) is 28.4 Å². The minimum absolute atomic E-state index is 0.380. The standard InChI is InChI=1S/C23H40N2O7/c24-21-1-3-22(4-2-21)31-19-17-29-15-13-27-11-9-26-10-12-28-14-16-30-18-20-32-23-5-7-25-8-6-23/h1-4,23,25H,5-20,24H2. The van der Waals surface area contributed by atoms with E-state index in [-0.39, 0.29) is 0 Å². The molecule has 0 radical (unpaired) electrons. The summed E-state index contributed by atoms with van der Waals surface area (Å²) in [4.78, 5) is 0. The summed E-state index contributed by atoms with van der Waals surface area (Å²) in [6.45, 7) is 8.70. The molecule has 3 N–H and O–H groups in total. The number of hydrogen-bond donors (Lipinski definition) is 2. The highest BCUT2D eigenvalue weighted by atomic mass is 16.6. The summed E-state index contributed by atoms with van der Waals surface area (Å²) in [5, 5.41) is 3.32. The molecule has 0 bridgehead atoms. The normalized spacial score (nSPS) is 14.6. The highest BCUT2D eigenvalue weighted by molar-refractivity contribution is 5.41. The molecule has 184 valence electrons. The van der Waals surface area contributed by atoms with Crippen LogP contribution in [0.4, 0.5) is 5.69 Å². The van der Waals surface area contributed by atoms with Gasteiger partial charge in [-0.25, -0.2) is 0 Å². The number of rotatable bonds is 20. The maximum atomic E-state index is 5.77. The van der Waals surface area contributed by atoms with Gasteiger partial charge in [-0.05, 0) is 50.2 Å². The average Bonchev–Trinajstić information content (AvgIpc) is 2.82. The first-order chi connectivity index (χ1) is 15.8. The molecule has 0 unspecified atom stereocenters. The van der Waals surface area contributed by atoms with E-state index in [0.717, 1.165) is 37.4 Å². The Morgan fingerprint density at radius 1 is 0.625 bits per heavy atom. The number of piperidine rings is 1. The SMILES string of the molecule is Nc1ccc(OCCOCCOCCOCCOCCOCCOC2CCNCC2)cc1. The predicted octanol–water partition coefficient (Wildman–Crippen LogP) is 1.50. The summed E-state index contributed by atoms with van der Waals surface area (Å²) in [6.07, 6.45) is 2.55. The molecule has 0 aromatic heterocycles. The number of nitrogens with one attached hydrogen (secondary N) is 1. The fourth-order valence-corrected chi connectivity index (χ4v) is 3.00. The fourth-order valence-electron chi connectivity index (χ4n) is 3.00. The molecule has 1 fully saturated rings. The van der Waals surface area contributed by atoms with Crippen molar-refractivity contribution < 1.29 is 33.2 Å². The van der Waals surface area contributed by atoms with E-state index >= 15 is 0 Å². The van der Waals surface area contributed by atoms with E-state index in [1.165, 1.54) is 0 Å². The first-order valence-corrected chi connectivity index (χ1v) is 11.5. The van der Waals surface area contributed by atoms with Crippen molar-refractivity contribution in [1.82, 2.24) is 5.32 Å². The van der Waals surface area contributed by atoms with Crippen LogP contribution in [-0.4, -0.2) is 98.5 Å². The second kappa shape index (κ2) is 19.0. The summed E-state index contributed by atoms with van der Waals surface area (Å²) >= 11 is 0. The van der Waals surface area contributed by atoms with Crippen molar-refractivity contribution in [3.05, 3.63) is 24.3 Å². The van der Waals surface area contributed by atoms with E-state index < -0.39 is 0 Å². The zero-order chi connectivity index (χ0) is 22.5. The van der Waals surface area contributed by atoms with Crippen molar-refractivity contribution in [2.45, 2.75) is 18.9 Å². The van der Waals surface area contributed by atoms with Gasteiger partial charge in [0.1, 0.15) is 12.4 Å². The van der Waals surface area contributed by atoms with Gasteiger partial charge in [-0.15, -0.1) is 0 Å². The van der Waals surface area contributed by atoms with E-state index in [0.29, 0.717) is 85.4 Å². The lowest BCUT2D eigenvalue weighted by molar-refractivity contribution is -0.0299. The highest BCUT2D eigenvalue weighted by Gasteiger charge is 2.12. The Morgan fingerprint density at radius 2 is 1.06 bits per heavy atom. The Labute approximate surface area is 191 Å². The predicted molar refractivity (Wildman–Crippen MR) is 122 cm³/mol. The van der Waals surface area contributed by atoms with Crippen LogP contribution in [0.15, 0.2) is 24.3 Å². The maximum Gasteiger partial charge on any atom is 0.119 e. The van der Waals surface area contributed by atoms with Gasteiger partial charge in [0.2, 0.25) is 0 Å². The van der Waals surface area contributed by atoms with Crippen molar-refractivity contribution in [1.29, 1.82) is 0 Å². The molecule has 32 heavy (non-hydrogen) atoms. The summed E-state index contributed by atoms with van der Waals surface area (Å²) in [6, 6.07) is 7.29. The monoisotopic (exact) mass is 456 g/mol. The largest absolute Gasteiger partial charge is 0.491 e. The van der Waals surface area contributed by atoms with Crippen LogP contribution in [0.25, 0.3) is 0 Å². The van der Waals surface area contributed by atoms with Crippen LogP contribution in [0.5, 0.6) is 5.75 Å². The number of anilines is 1. The lowest BCUT2D eigenvalue weighted by Gasteiger charge is -2.22. The molecular weight excluding hydrogens is 416 g/mol. The molecule has 1 aliphatic heterocycles. The lowest BCUT2D eigenvalue weighted by Crippen LogP contribution is -2.33. The molecule has 0 amide bonds. The second-order valence-corrected chi connectivity index (χ2v) is 7.30. The number of nitrogens with two attached hydrogens (primary N) is 1. The van der Waals surface area contributed by atoms with Gasteiger partial charge in [-0.1, -0.05) is 0 Å². The Morgan fingerprint density at radius 3 is 1.56 bits per heavy atom. The lowest BCUT2D eigenvalue weighted by atomic mass is 10.1. The third-order valence-electron chi connectivity index (χ3n) is 4.73. The minimum Gasteiger partial charge on any atom is -0.491 e. The molecule has 1 aromatic rings. The van der Waals surface area contributed by atoms with Crippen LogP contribution >= 0.6 is 0 Å². The molecule has 1 aromatic carbocycles. The number of ether oxygens (including phenoxy) is 7. The van der Waals surface area contributed by atoms with Crippen molar-refractivity contribution in [2.75, 3.05) is 98.1 Å². The summed E-state index contributed by atoms with van der Waals surface area (Å²) in [5.41, 5.74) is 6.34. The average molecular weight is 457 g/mol. The van der Waals surface area contributed by atoms with E-state index in [9.17, 15) is 0 Å². The molecule has 0 saturated carbocycles. The van der Waals surface area contributed by atoms with Gasteiger partial charge in [0.05, 0.1) is 78.8 Å². The van der Waals surface area contributed by atoms with Crippen LogP contribution in [0.3, 0.4) is 0 Å². The van der Waals surface area contributed by atoms with Gasteiger partial charge in [-0.2, -0.15) is 0 Å². The molecule has 1 heterocycles. The number of nitrogen functional groups attached to an aromatic ring is 1. The van der Waals surface area contributed by atoms with Crippen molar-refractivity contribution in [2.24, 2.45) is 0 Å². The summed E-state index contributed by atoms with van der Waals surface area (Å²) < 4.78 is 38.7. The van der Waals surface area contributed by atoms with Crippen molar-refractivity contribution >= 4 is 5.69 Å². The second-order valence-electron chi connectivity index (χ2n) is 7.30. The molecule has 0 atom stereocenters. The zero-order valence-corrected chi connectivity index (χ0v) is 19.1. The van der Waals surface area contributed by atoms with Crippen LogP contribution in [0.1, 0.15) is 12.8 Å². The van der Waals surface area contributed by atoms with E-state index in [1.807, 2.05) is 12.1 Å². The molecular formula is C23H40N2O7. The first-order valence-electron chi connectivity index (χ1n) is 11.5. The van der Waals surface area contributed by atoms with E-state index in [1.54, 1.807) is 12.1 Å². The Hall–Kier alpha value is -1.46. The molecule has 9 nitrogen and oxygen atoms in total. The first kappa shape index (κ1) is 26.8. The van der Waals surface area contributed by atoms with Gasteiger partial charge in [-0.3, -0.25) is 0 Å². The summed E-state index contributed by atoms with van der Waals surface area (Å²) in [7, 11) is 0. The maximum absolute atomic E-state index is 5.77. The molecule has 1 aliphatic rings. The van der Waals surface area contributed by atoms with E-state index in [2.05, 4.69) is 5.32 Å². The summed E-state index contributed by atoms with van der Waals surface area (Å²) in [5.74, 6) is 0.783. The van der Waals surface area contributed by atoms with Gasteiger partial charge in [0, 0.05) is 5.69 Å². The third kappa shape index (κ3) is 14.6. The van der Waals surface area contributed by atoms with Crippen LogP contribution in [0.2, 0.25) is 0 Å². The van der Waals surface area contributed by atoms with E-state index in [4.69, 9.17) is 38.9 Å². The highest BCUT2D eigenvalue weighted by Crippen LogP contribution is 2.12. The molecule has 2 rings (SSSR count). The van der Waals surface area contributed by atoms with Gasteiger partial charge < -0.3 is 44.2 Å². The van der Waals surface area contributed by atoms with Gasteiger partial charge in [0.25, 0.3) is 0 Å². The van der Waals surface area contributed by atoms with Crippen molar-refractivity contribution in [3.63, 3.8) is 0 Å². The van der Waals surface area contributed by atoms with Crippen molar-refractivity contribution in [3.8, 4) is 5.75 Å². The Kier molecular flexibility index (Phi) is 15.9. The number of hydrogen-bond acceptors (Lipinski definition) is 9. The molecule has 9 heteroatoms. The van der Waals surface area contributed by atoms with Crippen LogP contribution in [0, 0.1) is 0 Å². The topological polar surface area (TPSA) is 103 Å². The quantitative estimate of drug-likeness (QED) is 0.223. The third-order valence-corrected chi connectivity index (χ3v) is 4.73. The molecule has 0 aliphatic carbocycles. The smallest absolute Gasteiger partial charge is 0.119 e. The minimum atomic E-state index is 0.380. The number of benzene rings is 1. The zero-order valence-electron chi connectivity index (χ0n) is 19.1. The fraction of sp³-hybridized carbons (Fsp3) is 0.739. The Bertz CT molecular complexity index is 542. The Balaban J connectivity index is 1.21. The molecule has 1 saturated heterocycles.